The molecular formula is C18H16N2O3. The Morgan fingerprint density at radius 2 is 1.87 bits per heavy atom. The van der Waals surface area contributed by atoms with Gasteiger partial charge in [0.05, 0.1) is 6.54 Å². The first-order valence-corrected chi connectivity index (χ1v) is 7.03. The monoisotopic (exact) mass is 308 g/mol. The molecule has 5 heteroatoms. The van der Waals surface area contributed by atoms with Gasteiger partial charge in [-0.1, -0.05) is 24.0 Å². The van der Waals surface area contributed by atoms with E-state index >= 15 is 0 Å². The normalized spacial score (nSPS) is 9.65. The molecule has 116 valence electrons. The van der Waals surface area contributed by atoms with Crippen molar-refractivity contribution < 1.29 is 9.59 Å². The first-order chi connectivity index (χ1) is 11.0. The van der Waals surface area contributed by atoms with Crippen molar-refractivity contribution in [3.8, 4) is 11.8 Å². The Morgan fingerprint density at radius 3 is 2.52 bits per heavy atom. The largest absolute Gasteiger partial charge is 0.341 e. The van der Waals surface area contributed by atoms with E-state index in [0.29, 0.717) is 5.56 Å². The van der Waals surface area contributed by atoms with E-state index in [-0.39, 0.29) is 23.5 Å². The lowest BCUT2D eigenvalue weighted by atomic mass is 10.1. The smallest absolute Gasteiger partial charge is 0.263 e. The first kappa shape index (κ1) is 16.2. The zero-order valence-corrected chi connectivity index (χ0v) is 12.9. The molecule has 0 atom stereocenters. The van der Waals surface area contributed by atoms with Crippen LogP contribution in [0.1, 0.15) is 33.2 Å². The van der Waals surface area contributed by atoms with E-state index in [0.717, 1.165) is 5.56 Å². The van der Waals surface area contributed by atoms with Gasteiger partial charge in [0.1, 0.15) is 5.56 Å². The number of carbonyl (C=O) groups is 2. The van der Waals surface area contributed by atoms with E-state index in [1.807, 2.05) is 0 Å². The summed E-state index contributed by atoms with van der Waals surface area (Å²) in [4.78, 5) is 34.9. The molecule has 0 saturated carbocycles. The second kappa shape index (κ2) is 7.23. The number of nitrogens with zero attached hydrogens (tertiary/aromatic N) is 1. The molecule has 0 spiro atoms. The Bertz CT molecular complexity index is 852. The second-order valence-corrected chi connectivity index (χ2v) is 4.96. The van der Waals surface area contributed by atoms with Crippen molar-refractivity contribution in [2.24, 2.45) is 7.05 Å². The molecule has 1 N–H and O–H groups in total. The number of aromatic nitrogens is 1. The molecule has 1 aromatic heterocycles. The molecule has 0 aliphatic heterocycles. The minimum absolute atomic E-state index is 0.00112. The maximum atomic E-state index is 11.9. The van der Waals surface area contributed by atoms with Gasteiger partial charge in [-0.3, -0.25) is 14.4 Å². The molecule has 0 unspecified atom stereocenters. The number of amides is 1. The summed E-state index contributed by atoms with van der Waals surface area (Å²) < 4.78 is 1.34. The Balaban J connectivity index is 1.97. The molecule has 2 rings (SSSR count). The van der Waals surface area contributed by atoms with Crippen LogP contribution in [0.4, 0.5) is 0 Å². The lowest BCUT2D eigenvalue weighted by molar-refractivity contribution is 0.0955. The molecular weight excluding hydrogens is 292 g/mol. The number of ketones is 1. The Hall–Kier alpha value is -3.13. The van der Waals surface area contributed by atoms with Gasteiger partial charge in [0.15, 0.2) is 5.78 Å². The van der Waals surface area contributed by atoms with Crippen molar-refractivity contribution >= 4 is 11.7 Å². The summed E-state index contributed by atoms with van der Waals surface area (Å²) >= 11 is 0. The number of benzene rings is 1. The fourth-order valence-electron chi connectivity index (χ4n) is 1.92. The number of pyridine rings is 1. The molecule has 0 aliphatic carbocycles. The summed E-state index contributed by atoms with van der Waals surface area (Å²) in [5, 5.41) is 2.59. The van der Waals surface area contributed by atoms with Crippen molar-refractivity contribution in [1.29, 1.82) is 0 Å². The van der Waals surface area contributed by atoms with E-state index < -0.39 is 5.91 Å². The minimum atomic E-state index is -0.451. The quantitative estimate of drug-likeness (QED) is 0.688. The SMILES string of the molecule is CC(=O)c1ccc(C#CCNC(=O)c2cccn(C)c2=O)cc1. The predicted molar refractivity (Wildman–Crippen MR) is 87.3 cm³/mol. The highest BCUT2D eigenvalue weighted by Crippen LogP contribution is 2.03. The van der Waals surface area contributed by atoms with Crippen molar-refractivity contribution in [3.05, 3.63) is 69.6 Å². The van der Waals surface area contributed by atoms with E-state index in [4.69, 9.17) is 0 Å². The first-order valence-electron chi connectivity index (χ1n) is 7.03. The third kappa shape index (κ3) is 4.17. The molecule has 0 saturated heterocycles. The molecule has 0 aliphatic rings. The van der Waals surface area contributed by atoms with Crippen LogP contribution in [0.2, 0.25) is 0 Å². The second-order valence-electron chi connectivity index (χ2n) is 4.96. The fraction of sp³-hybridized carbons (Fsp3) is 0.167. The van der Waals surface area contributed by atoms with Crippen molar-refractivity contribution in [1.82, 2.24) is 9.88 Å². The van der Waals surface area contributed by atoms with E-state index in [1.165, 1.54) is 17.6 Å². The number of hydrogen-bond acceptors (Lipinski definition) is 3. The standard InChI is InChI=1S/C18H16N2O3/c1-13(21)15-9-7-14(8-10-15)5-3-11-19-17(22)16-6-4-12-20(2)18(16)23/h4,6-10,12H,11H2,1-2H3,(H,19,22). The summed E-state index contributed by atoms with van der Waals surface area (Å²) in [6.45, 7) is 1.63. The molecule has 23 heavy (non-hydrogen) atoms. The van der Waals surface area contributed by atoms with Gasteiger partial charge in [-0.05, 0) is 31.2 Å². The van der Waals surface area contributed by atoms with Gasteiger partial charge in [0.25, 0.3) is 11.5 Å². The predicted octanol–water partition coefficient (Wildman–Crippen LogP) is 1.37. The maximum Gasteiger partial charge on any atom is 0.263 e. The highest BCUT2D eigenvalue weighted by atomic mass is 16.2. The number of nitrogens with one attached hydrogen (secondary N) is 1. The van der Waals surface area contributed by atoms with E-state index in [2.05, 4.69) is 17.2 Å². The number of aryl methyl sites for hydroxylation is 1. The number of hydrogen-bond donors (Lipinski definition) is 1. The van der Waals surface area contributed by atoms with Crippen LogP contribution in [0.25, 0.3) is 0 Å². The van der Waals surface area contributed by atoms with Gasteiger partial charge in [0.2, 0.25) is 0 Å². The molecule has 0 fully saturated rings. The van der Waals surface area contributed by atoms with Gasteiger partial charge in [-0.25, -0.2) is 0 Å². The van der Waals surface area contributed by atoms with Crippen LogP contribution < -0.4 is 10.9 Å². The zero-order valence-electron chi connectivity index (χ0n) is 12.9. The van der Waals surface area contributed by atoms with Gasteiger partial charge in [0, 0.05) is 24.4 Å². The maximum absolute atomic E-state index is 11.9. The van der Waals surface area contributed by atoms with Gasteiger partial charge in [-0.15, -0.1) is 0 Å². The van der Waals surface area contributed by atoms with Crippen molar-refractivity contribution in [2.45, 2.75) is 6.92 Å². The highest BCUT2D eigenvalue weighted by Gasteiger charge is 2.09. The average molecular weight is 308 g/mol. The van der Waals surface area contributed by atoms with Gasteiger partial charge in [-0.2, -0.15) is 0 Å². The molecule has 1 heterocycles. The molecule has 1 aromatic carbocycles. The van der Waals surface area contributed by atoms with Crippen molar-refractivity contribution in [3.63, 3.8) is 0 Å². The summed E-state index contributed by atoms with van der Waals surface area (Å²) in [5.74, 6) is 5.24. The van der Waals surface area contributed by atoms with Gasteiger partial charge < -0.3 is 9.88 Å². The van der Waals surface area contributed by atoms with Crippen LogP contribution in [-0.2, 0) is 7.05 Å². The third-order valence-electron chi connectivity index (χ3n) is 3.23. The number of Topliss-reactive ketones (excluding diaryl/α,β-unsaturated/α-hetero) is 1. The highest BCUT2D eigenvalue weighted by molar-refractivity contribution is 5.94. The molecule has 1 amide bonds. The van der Waals surface area contributed by atoms with Crippen LogP contribution in [0, 0.1) is 11.8 Å². The zero-order chi connectivity index (χ0) is 16.8. The van der Waals surface area contributed by atoms with Crippen LogP contribution in [0.5, 0.6) is 0 Å². The molecule has 0 bridgehead atoms. The third-order valence-corrected chi connectivity index (χ3v) is 3.23. The Morgan fingerprint density at radius 1 is 1.17 bits per heavy atom. The van der Waals surface area contributed by atoms with Crippen molar-refractivity contribution in [2.75, 3.05) is 6.54 Å². The fourth-order valence-corrected chi connectivity index (χ4v) is 1.92. The lowest BCUT2D eigenvalue weighted by Crippen LogP contribution is -2.32. The van der Waals surface area contributed by atoms with Gasteiger partial charge >= 0.3 is 0 Å². The lowest BCUT2D eigenvalue weighted by Gasteiger charge is -2.02. The summed E-state index contributed by atoms with van der Waals surface area (Å²) in [7, 11) is 1.59. The minimum Gasteiger partial charge on any atom is -0.341 e. The number of carbonyl (C=O) groups excluding carboxylic acids is 2. The molecule has 2 aromatic rings. The number of rotatable bonds is 3. The summed E-state index contributed by atoms with van der Waals surface area (Å²) in [5.41, 5.74) is 1.11. The molecule has 5 nitrogen and oxygen atoms in total. The summed E-state index contributed by atoms with van der Waals surface area (Å²) in [6, 6.07) is 10.0. The summed E-state index contributed by atoms with van der Waals surface area (Å²) in [6.07, 6.45) is 1.59. The molecule has 0 radical (unpaired) electrons. The Labute approximate surface area is 134 Å². The van der Waals surface area contributed by atoms with E-state index in [1.54, 1.807) is 43.6 Å². The van der Waals surface area contributed by atoms with E-state index in [9.17, 15) is 14.4 Å². The van der Waals surface area contributed by atoms with Crippen LogP contribution >= 0.6 is 0 Å². The Kier molecular flexibility index (Phi) is 5.11. The van der Waals surface area contributed by atoms with Crippen LogP contribution in [0.15, 0.2) is 47.4 Å². The van der Waals surface area contributed by atoms with Crippen LogP contribution in [0.3, 0.4) is 0 Å². The topological polar surface area (TPSA) is 68.2 Å². The average Bonchev–Trinajstić information content (AvgIpc) is 2.54. The van der Waals surface area contributed by atoms with Crippen LogP contribution in [-0.4, -0.2) is 22.8 Å².